The maximum absolute atomic E-state index is 7.07. The van der Waals surface area contributed by atoms with E-state index in [1.807, 2.05) is 0 Å². The molecule has 0 aliphatic rings. The van der Waals surface area contributed by atoms with Gasteiger partial charge in [-0.2, -0.15) is 0 Å². The first-order chi connectivity index (χ1) is 32.2. The highest BCUT2D eigenvalue weighted by atomic mass is 16.3. The Morgan fingerprint density at radius 2 is 0.769 bits per heavy atom. The van der Waals surface area contributed by atoms with Crippen LogP contribution in [0, 0.1) is 0 Å². The van der Waals surface area contributed by atoms with Crippen molar-refractivity contribution in [2.45, 2.75) is 0 Å². The molecule has 0 saturated carbocycles. The minimum absolute atomic E-state index is 0.821. The lowest BCUT2D eigenvalue weighted by Gasteiger charge is -2.30. The second-order valence-electron chi connectivity index (χ2n) is 16.5. The van der Waals surface area contributed by atoms with Crippen molar-refractivity contribution in [1.29, 1.82) is 0 Å². The summed E-state index contributed by atoms with van der Waals surface area (Å²) in [6.45, 7) is 0. The number of para-hydroxylation sites is 2. The molecule has 3 nitrogen and oxygen atoms in total. The largest absolute Gasteiger partial charge is 0.454 e. The first kappa shape index (κ1) is 38.0. The van der Waals surface area contributed by atoms with Crippen molar-refractivity contribution in [2.75, 3.05) is 9.80 Å². The highest BCUT2D eigenvalue weighted by Gasteiger charge is 2.25. The molecule has 0 unspecified atom stereocenters. The molecule has 0 aliphatic carbocycles. The highest BCUT2D eigenvalue weighted by molar-refractivity contribution is 6.16. The zero-order valence-corrected chi connectivity index (χ0v) is 35.6. The van der Waals surface area contributed by atoms with Gasteiger partial charge >= 0.3 is 0 Å². The number of fused-ring (bicyclic) bond motifs is 5. The van der Waals surface area contributed by atoms with Crippen LogP contribution in [0.25, 0.3) is 76.9 Å². The van der Waals surface area contributed by atoms with E-state index in [4.69, 9.17) is 4.42 Å². The number of nitrogens with zero attached hydrogens (tertiary/aromatic N) is 2. The Bertz CT molecular complexity index is 3640. The van der Waals surface area contributed by atoms with Gasteiger partial charge in [-0.1, -0.05) is 182 Å². The standard InChI is InChI=1S/C62H42N2O/c1-5-18-43(19-6-1)45-32-34-52(35-33-45)63(50-26-9-3-10-27-50)60-42-53(41-58-57-39-47-22-13-14-23-48(47)40-61(57)65-62(58)60)64(51-28-11-4-12-29-51)59-37-36-54(55-30-15-16-31-56(55)59)49-25-17-24-46(38-49)44-20-7-2-8-21-44/h1-42H. The van der Waals surface area contributed by atoms with Crippen LogP contribution >= 0.6 is 0 Å². The van der Waals surface area contributed by atoms with Crippen LogP contribution in [0.3, 0.4) is 0 Å². The third-order valence-electron chi connectivity index (χ3n) is 12.6. The van der Waals surface area contributed by atoms with Gasteiger partial charge in [0.25, 0.3) is 0 Å². The van der Waals surface area contributed by atoms with E-state index < -0.39 is 0 Å². The monoisotopic (exact) mass is 830 g/mol. The first-order valence-corrected chi connectivity index (χ1v) is 22.2. The smallest absolute Gasteiger partial charge is 0.159 e. The molecule has 65 heavy (non-hydrogen) atoms. The van der Waals surface area contributed by atoms with E-state index in [-0.39, 0.29) is 0 Å². The molecule has 0 aliphatic heterocycles. The first-order valence-electron chi connectivity index (χ1n) is 22.2. The second kappa shape index (κ2) is 16.2. The molecule has 11 aromatic carbocycles. The fourth-order valence-electron chi connectivity index (χ4n) is 9.49. The number of hydrogen-bond donors (Lipinski definition) is 0. The molecular weight excluding hydrogens is 789 g/mol. The van der Waals surface area contributed by atoms with Crippen LogP contribution in [0.15, 0.2) is 259 Å². The van der Waals surface area contributed by atoms with Crippen molar-refractivity contribution in [3.8, 4) is 33.4 Å². The molecule has 0 saturated heterocycles. The van der Waals surface area contributed by atoms with E-state index >= 15 is 0 Å². The van der Waals surface area contributed by atoms with Crippen molar-refractivity contribution in [3.63, 3.8) is 0 Å². The lowest BCUT2D eigenvalue weighted by atomic mass is 9.94. The lowest BCUT2D eigenvalue weighted by Crippen LogP contribution is -2.14. The molecule has 1 aromatic heterocycles. The Labute approximate surface area is 378 Å². The summed E-state index contributed by atoms with van der Waals surface area (Å²) < 4.78 is 7.07. The second-order valence-corrected chi connectivity index (χ2v) is 16.5. The summed E-state index contributed by atoms with van der Waals surface area (Å²) in [5.41, 5.74) is 14.9. The van der Waals surface area contributed by atoms with Gasteiger partial charge in [-0.05, 0) is 122 Å². The molecule has 0 atom stereocenters. The van der Waals surface area contributed by atoms with Gasteiger partial charge in [0.05, 0.1) is 11.4 Å². The Morgan fingerprint density at radius 1 is 0.262 bits per heavy atom. The van der Waals surface area contributed by atoms with Gasteiger partial charge in [0.15, 0.2) is 5.58 Å². The minimum atomic E-state index is 0.821. The summed E-state index contributed by atoms with van der Waals surface area (Å²) in [5, 5.41) is 6.76. The summed E-state index contributed by atoms with van der Waals surface area (Å²) in [7, 11) is 0. The molecule has 0 radical (unpaired) electrons. The van der Waals surface area contributed by atoms with Gasteiger partial charge in [-0.15, -0.1) is 0 Å². The quantitative estimate of drug-likeness (QED) is 0.144. The molecule has 0 N–H and O–H groups in total. The van der Waals surface area contributed by atoms with E-state index in [2.05, 4.69) is 265 Å². The van der Waals surface area contributed by atoms with Crippen LogP contribution < -0.4 is 9.80 Å². The fourth-order valence-corrected chi connectivity index (χ4v) is 9.49. The third-order valence-corrected chi connectivity index (χ3v) is 12.6. The summed E-state index contributed by atoms with van der Waals surface area (Å²) in [6.07, 6.45) is 0. The zero-order chi connectivity index (χ0) is 43.1. The van der Waals surface area contributed by atoms with Crippen LogP contribution in [0.5, 0.6) is 0 Å². The van der Waals surface area contributed by atoms with Crippen LogP contribution in [-0.2, 0) is 0 Å². The lowest BCUT2D eigenvalue weighted by molar-refractivity contribution is 0.669. The summed E-state index contributed by atoms with van der Waals surface area (Å²) in [6, 6.07) is 91.3. The van der Waals surface area contributed by atoms with Gasteiger partial charge in [-0.25, -0.2) is 0 Å². The van der Waals surface area contributed by atoms with Crippen molar-refractivity contribution in [2.24, 2.45) is 0 Å². The molecule has 1 heterocycles. The number of anilines is 6. The third kappa shape index (κ3) is 6.97. The summed E-state index contributed by atoms with van der Waals surface area (Å²) in [5.74, 6) is 0. The molecule has 12 rings (SSSR count). The number of rotatable bonds is 9. The van der Waals surface area contributed by atoms with E-state index in [0.29, 0.717) is 0 Å². The maximum Gasteiger partial charge on any atom is 0.159 e. The van der Waals surface area contributed by atoms with Gasteiger partial charge in [0.1, 0.15) is 5.58 Å². The molecule has 0 spiro atoms. The average Bonchev–Trinajstić information content (AvgIpc) is 3.74. The average molecular weight is 831 g/mol. The van der Waals surface area contributed by atoms with Crippen LogP contribution in [0.1, 0.15) is 0 Å². The predicted molar refractivity (Wildman–Crippen MR) is 274 cm³/mol. The summed E-state index contributed by atoms with van der Waals surface area (Å²) >= 11 is 0. The van der Waals surface area contributed by atoms with Crippen molar-refractivity contribution in [3.05, 3.63) is 255 Å². The zero-order valence-electron chi connectivity index (χ0n) is 35.6. The normalized spacial score (nSPS) is 11.4. The van der Waals surface area contributed by atoms with Crippen LogP contribution in [0.2, 0.25) is 0 Å². The highest BCUT2D eigenvalue weighted by Crippen LogP contribution is 2.49. The SMILES string of the molecule is c1ccc(-c2ccc(N(c3ccccc3)c3cc(N(c4ccccc4)c4ccc(-c5cccc(-c6ccccc6)c5)c5ccccc45)cc4c3oc3cc5ccccc5cc34)cc2)cc1. The molecule has 0 amide bonds. The van der Waals surface area contributed by atoms with E-state index in [9.17, 15) is 0 Å². The molecule has 0 bridgehead atoms. The Kier molecular flexibility index (Phi) is 9.50. The van der Waals surface area contributed by atoms with Crippen LogP contribution in [0.4, 0.5) is 34.1 Å². The molecular formula is C62H42N2O. The van der Waals surface area contributed by atoms with E-state index in [0.717, 1.165) is 72.4 Å². The summed E-state index contributed by atoms with van der Waals surface area (Å²) in [4.78, 5) is 4.75. The minimum Gasteiger partial charge on any atom is -0.454 e. The fraction of sp³-hybridized carbons (Fsp3) is 0. The van der Waals surface area contributed by atoms with Gasteiger partial charge in [0.2, 0.25) is 0 Å². The number of benzene rings is 11. The van der Waals surface area contributed by atoms with Gasteiger partial charge < -0.3 is 14.2 Å². The van der Waals surface area contributed by atoms with E-state index in [1.165, 1.54) is 38.6 Å². The number of furan rings is 1. The Hall–Kier alpha value is -8.66. The molecule has 12 aromatic rings. The van der Waals surface area contributed by atoms with Gasteiger partial charge in [-0.3, -0.25) is 0 Å². The molecule has 3 heteroatoms. The Balaban J connectivity index is 1.11. The molecule has 0 fully saturated rings. The Morgan fingerprint density at radius 3 is 1.45 bits per heavy atom. The maximum atomic E-state index is 7.07. The molecule has 306 valence electrons. The van der Waals surface area contributed by atoms with Gasteiger partial charge in [0, 0.05) is 38.9 Å². The predicted octanol–water partition coefficient (Wildman–Crippen LogP) is 17.8. The van der Waals surface area contributed by atoms with Crippen molar-refractivity contribution >= 4 is 77.6 Å². The van der Waals surface area contributed by atoms with Crippen LogP contribution in [-0.4, -0.2) is 0 Å². The van der Waals surface area contributed by atoms with Crippen molar-refractivity contribution in [1.82, 2.24) is 0 Å². The van der Waals surface area contributed by atoms with Crippen molar-refractivity contribution < 1.29 is 4.42 Å². The number of hydrogen-bond acceptors (Lipinski definition) is 3. The topological polar surface area (TPSA) is 19.6 Å². The van der Waals surface area contributed by atoms with E-state index in [1.54, 1.807) is 0 Å².